The zero-order valence-electron chi connectivity index (χ0n) is 10.6. The van der Waals surface area contributed by atoms with Crippen LogP contribution < -0.4 is 10.1 Å². The van der Waals surface area contributed by atoms with Gasteiger partial charge < -0.3 is 10.1 Å². The smallest absolute Gasteiger partial charge is 0.135 e. The number of halogens is 3. The minimum absolute atomic E-state index is 0.0370. The molecule has 1 aliphatic heterocycles. The average molecular weight is 438 g/mol. The van der Waals surface area contributed by atoms with Gasteiger partial charge in [-0.3, -0.25) is 0 Å². The van der Waals surface area contributed by atoms with Crippen molar-refractivity contribution in [2.24, 2.45) is 0 Å². The molecule has 0 bridgehead atoms. The Labute approximate surface area is 143 Å². The molecule has 0 saturated heterocycles. The van der Waals surface area contributed by atoms with Crippen molar-refractivity contribution in [1.82, 2.24) is 5.32 Å². The second-order valence-electron chi connectivity index (χ2n) is 4.64. The van der Waals surface area contributed by atoms with E-state index in [4.69, 9.17) is 16.3 Å². The van der Waals surface area contributed by atoms with Crippen LogP contribution in [0.4, 0.5) is 0 Å². The highest BCUT2D eigenvalue weighted by Gasteiger charge is 2.30. The van der Waals surface area contributed by atoms with E-state index in [9.17, 15) is 0 Å². The Morgan fingerprint density at radius 1 is 1.35 bits per heavy atom. The first kappa shape index (κ1) is 14.9. The summed E-state index contributed by atoms with van der Waals surface area (Å²) in [5, 5.41) is 3.37. The van der Waals surface area contributed by atoms with Gasteiger partial charge in [0.25, 0.3) is 0 Å². The molecule has 0 radical (unpaired) electrons. The maximum Gasteiger partial charge on any atom is 0.135 e. The van der Waals surface area contributed by atoms with E-state index in [1.54, 1.807) is 11.3 Å². The summed E-state index contributed by atoms with van der Waals surface area (Å²) in [4.78, 5) is 1.15. The molecule has 2 heterocycles. The maximum atomic E-state index is 6.14. The number of ether oxygens (including phenoxy) is 1. The lowest BCUT2D eigenvalue weighted by molar-refractivity contribution is 0.157. The summed E-state index contributed by atoms with van der Waals surface area (Å²) in [7, 11) is 1.98. The minimum atomic E-state index is 0.0370. The molecule has 6 heteroatoms. The van der Waals surface area contributed by atoms with Crippen molar-refractivity contribution in [2.45, 2.75) is 18.6 Å². The Bertz CT molecular complexity index is 627. The van der Waals surface area contributed by atoms with Gasteiger partial charge in [-0.1, -0.05) is 27.5 Å². The summed E-state index contributed by atoms with van der Waals surface area (Å²) in [5.41, 5.74) is 1.19. The van der Waals surface area contributed by atoms with E-state index in [0.29, 0.717) is 0 Å². The molecule has 2 atom stereocenters. The van der Waals surface area contributed by atoms with Crippen LogP contribution in [0.15, 0.2) is 33.2 Å². The van der Waals surface area contributed by atoms with Crippen LogP contribution in [-0.2, 0) is 0 Å². The van der Waals surface area contributed by atoms with Crippen LogP contribution in [0.5, 0.6) is 5.75 Å². The third kappa shape index (κ3) is 2.79. The van der Waals surface area contributed by atoms with Crippen molar-refractivity contribution >= 4 is 54.8 Å². The zero-order chi connectivity index (χ0) is 14.3. The number of thiophene rings is 1. The van der Waals surface area contributed by atoms with Crippen molar-refractivity contribution in [3.63, 3.8) is 0 Å². The van der Waals surface area contributed by atoms with Gasteiger partial charge in [-0.2, -0.15) is 0 Å². The fourth-order valence-corrected chi connectivity index (χ4v) is 4.57. The Morgan fingerprint density at radius 3 is 2.80 bits per heavy atom. The molecule has 1 aliphatic rings. The molecule has 1 N–H and O–H groups in total. The molecule has 1 aromatic carbocycles. The number of hydrogen-bond donors (Lipinski definition) is 1. The van der Waals surface area contributed by atoms with E-state index < -0.39 is 0 Å². The van der Waals surface area contributed by atoms with Gasteiger partial charge in [0.1, 0.15) is 16.2 Å². The van der Waals surface area contributed by atoms with Crippen LogP contribution in [0.3, 0.4) is 0 Å². The maximum absolute atomic E-state index is 6.14. The molecule has 3 rings (SSSR count). The molecular weight excluding hydrogens is 425 g/mol. The second kappa shape index (κ2) is 5.97. The van der Waals surface area contributed by atoms with Crippen molar-refractivity contribution in [3.05, 3.63) is 48.0 Å². The molecule has 20 heavy (non-hydrogen) atoms. The molecule has 0 aliphatic carbocycles. The zero-order valence-corrected chi connectivity index (χ0v) is 15.4. The van der Waals surface area contributed by atoms with Gasteiger partial charge in [0.15, 0.2) is 0 Å². The van der Waals surface area contributed by atoms with Gasteiger partial charge in [0, 0.05) is 31.8 Å². The number of benzene rings is 1. The minimum Gasteiger partial charge on any atom is -0.484 e. The van der Waals surface area contributed by atoms with Gasteiger partial charge in [-0.05, 0) is 47.2 Å². The fraction of sp³-hybridized carbons (Fsp3) is 0.286. The molecule has 0 fully saturated rings. The summed E-state index contributed by atoms with van der Waals surface area (Å²) < 4.78 is 8.92. The Morgan fingerprint density at radius 2 is 2.15 bits per heavy atom. The summed E-state index contributed by atoms with van der Waals surface area (Å²) in [6.45, 7) is 0. The first-order valence-corrected chi connectivity index (χ1v) is 8.94. The Balaban J connectivity index is 1.96. The van der Waals surface area contributed by atoms with Gasteiger partial charge in [0.05, 0.1) is 0 Å². The van der Waals surface area contributed by atoms with Crippen molar-refractivity contribution in [2.75, 3.05) is 7.05 Å². The van der Waals surface area contributed by atoms with Crippen LogP contribution in [0.2, 0.25) is 4.34 Å². The molecule has 2 unspecified atom stereocenters. The number of nitrogens with one attached hydrogen (secondary N) is 1. The van der Waals surface area contributed by atoms with E-state index in [2.05, 4.69) is 43.2 Å². The molecular formula is C14H12Br2ClNOS. The first-order chi connectivity index (χ1) is 9.58. The normalized spacial score (nSPS) is 21.4. The monoisotopic (exact) mass is 435 g/mol. The Hall–Kier alpha value is -0.0700. The summed E-state index contributed by atoms with van der Waals surface area (Å²) in [6, 6.07) is 8.46. The lowest BCUT2D eigenvalue weighted by atomic mass is 9.96. The van der Waals surface area contributed by atoms with Gasteiger partial charge in [0.2, 0.25) is 0 Å². The van der Waals surface area contributed by atoms with Crippen molar-refractivity contribution < 1.29 is 4.74 Å². The lowest BCUT2D eigenvalue weighted by Gasteiger charge is -2.31. The number of rotatable bonds is 2. The molecule has 0 saturated carbocycles. The quantitative estimate of drug-likeness (QED) is 0.650. The van der Waals surface area contributed by atoms with Crippen LogP contribution >= 0.6 is 54.8 Å². The molecule has 0 spiro atoms. The molecule has 0 amide bonds. The molecule has 2 aromatic rings. The van der Waals surface area contributed by atoms with Gasteiger partial charge in [-0.25, -0.2) is 0 Å². The van der Waals surface area contributed by atoms with Crippen LogP contribution in [0.1, 0.15) is 29.0 Å². The highest BCUT2D eigenvalue weighted by atomic mass is 79.9. The summed E-state index contributed by atoms with van der Waals surface area (Å²) in [5.74, 6) is 0.935. The third-order valence-electron chi connectivity index (χ3n) is 3.40. The van der Waals surface area contributed by atoms with Gasteiger partial charge in [-0.15, -0.1) is 11.3 Å². The largest absolute Gasteiger partial charge is 0.484 e. The van der Waals surface area contributed by atoms with Crippen molar-refractivity contribution in [3.8, 4) is 5.75 Å². The highest BCUT2D eigenvalue weighted by Crippen LogP contribution is 2.45. The van der Waals surface area contributed by atoms with E-state index in [1.807, 2.05) is 25.2 Å². The Kier molecular flexibility index (Phi) is 4.43. The topological polar surface area (TPSA) is 21.3 Å². The third-order valence-corrected chi connectivity index (χ3v) is 6.46. The number of hydrogen-bond acceptors (Lipinski definition) is 3. The molecule has 1 aromatic heterocycles. The second-order valence-corrected chi connectivity index (χ2v) is 8.09. The van der Waals surface area contributed by atoms with Crippen LogP contribution in [0.25, 0.3) is 0 Å². The van der Waals surface area contributed by atoms with Crippen LogP contribution in [0, 0.1) is 0 Å². The predicted molar refractivity (Wildman–Crippen MR) is 91.0 cm³/mol. The predicted octanol–water partition coefficient (Wildman–Crippen LogP) is 5.71. The van der Waals surface area contributed by atoms with E-state index >= 15 is 0 Å². The van der Waals surface area contributed by atoms with E-state index in [-0.39, 0.29) is 12.1 Å². The molecule has 106 valence electrons. The van der Waals surface area contributed by atoms with Crippen molar-refractivity contribution in [1.29, 1.82) is 0 Å². The number of fused-ring (bicyclic) bond motifs is 1. The lowest BCUT2D eigenvalue weighted by Crippen LogP contribution is -2.26. The van der Waals surface area contributed by atoms with Crippen LogP contribution in [-0.4, -0.2) is 7.05 Å². The van der Waals surface area contributed by atoms with Gasteiger partial charge >= 0.3 is 0 Å². The average Bonchev–Trinajstić information content (AvgIpc) is 2.77. The molecule has 2 nitrogen and oxygen atoms in total. The highest BCUT2D eigenvalue weighted by molar-refractivity contribution is 9.10. The summed E-state index contributed by atoms with van der Waals surface area (Å²) >= 11 is 14.7. The summed E-state index contributed by atoms with van der Waals surface area (Å²) in [6.07, 6.45) is 0.929. The first-order valence-electron chi connectivity index (χ1n) is 6.16. The van der Waals surface area contributed by atoms with E-state index in [0.717, 1.165) is 30.3 Å². The SMILES string of the molecule is CNC1CC(c2cc(Br)c(Cl)s2)Oc2ccc(Br)cc21. The van der Waals surface area contributed by atoms with E-state index in [1.165, 1.54) is 5.56 Å². The standard InChI is InChI=1S/C14H12Br2ClNOS/c1-18-10-6-12(13-5-9(16)14(17)20-13)19-11-3-2-7(15)4-8(10)11/h2-5,10,12,18H,6H2,1H3. The fourth-order valence-electron chi connectivity index (χ4n) is 2.41.